The highest BCUT2D eigenvalue weighted by Crippen LogP contribution is 2.15. The molecule has 5 heteroatoms. The first-order valence-corrected chi connectivity index (χ1v) is 6.66. The minimum absolute atomic E-state index is 0.387. The summed E-state index contributed by atoms with van der Waals surface area (Å²) in [6.45, 7) is 8.20. The van der Waals surface area contributed by atoms with Crippen LogP contribution in [0.2, 0.25) is 0 Å². The summed E-state index contributed by atoms with van der Waals surface area (Å²) in [6, 6.07) is 8.33. The van der Waals surface area contributed by atoms with Gasteiger partial charge in [0.25, 0.3) is 0 Å². The number of carbonyl (C=O) groups is 1. The highest BCUT2D eigenvalue weighted by Gasteiger charge is 2.34. The Morgan fingerprint density at radius 1 is 1.16 bits per heavy atom. The summed E-state index contributed by atoms with van der Waals surface area (Å²) in [5.41, 5.74) is 1.68. The van der Waals surface area contributed by atoms with Gasteiger partial charge in [0.1, 0.15) is 0 Å². The zero-order chi connectivity index (χ0) is 13.7. The lowest BCUT2D eigenvalue weighted by molar-refractivity contribution is -0.922. The van der Waals surface area contributed by atoms with E-state index in [0.717, 1.165) is 0 Å². The maximum atomic E-state index is 10.6. The van der Waals surface area contributed by atoms with Crippen LogP contribution in [0.25, 0.3) is 0 Å². The topological polar surface area (TPSA) is 55.4 Å². The largest absolute Gasteiger partial charge is 0.759 e. The van der Waals surface area contributed by atoms with E-state index < -0.39 is 5.91 Å². The van der Waals surface area contributed by atoms with Crippen molar-refractivity contribution in [3.63, 3.8) is 0 Å². The molecule has 0 spiro atoms. The van der Waals surface area contributed by atoms with Gasteiger partial charge < -0.3 is 15.2 Å². The Labute approximate surface area is 114 Å². The molecule has 0 aliphatic carbocycles. The molecular weight excluding hydrogens is 242 g/mol. The minimum atomic E-state index is -0.597. The average Bonchev–Trinajstić information content (AvgIpc) is 2.49. The number of carbonyl (C=O) groups excluding carboxylic acids is 1. The number of piperazine rings is 3. The van der Waals surface area contributed by atoms with Crippen molar-refractivity contribution in [1.82, 2.24) is 10.4 Å². The number of quaternary nitrogens is 1. The van der Waals surface area contributed by atoms with Gasteiger partial charge >= 0.3 is 0 Å². The zero-order valence-corrected chi connectivity index (χ0v) is 11.3. The first kappa shape index (κ1) is 14.0. The molecule has 4 rings (SSSR count). The van der Waals surface area contributed by atoms with Gasteiger partial charge in [0.15, 0.2) is 0 Å². The summed E-state index contributed by atoms with van der Waals surface area (Å²) in [5, 5.41) is 9.83. The SMILES string of the molecule is C[N+]12CCN(CC1)CC2.O=C(N[O-])c1ccccc1. The van der Waals surface area contributed by atoms with Crippen LogP contribution in [0.4, 0.5) is 0 Å². The molecule has 1 aromatic rings. The molecule has 5 nitrogen and oxygen atoms in total. The second-order valence-corrected chi connectivity index (χ2v) is 5.43. The van der Waals surface area contributed by atoms with Crippen molar-refractivity contribution < 1.29 is 9.28 Å². The van der Waals surface area contributed by atoms with Gasteiger partial charge in [-0.1, -0.05) is 18.2 Å². The molecule has 3 fully saturated rings. The predicted molar refractivity (Wildman–Crippen MR) is 74.5 cm³/mol. The number of hydroxylamine groups is 1. The van der Waals surface area contributed by atoms with E-state index >= 15 is 0 Å². The van der Waals surface area contributed by atoms with Crippen LogP contribution >= 0.6 is 0 Å². The summed E-state index contributed by atoms with van der Waals surface area (Å²) in [7, 11) is 2.39. The number of rotatable bonds is 1. The second kappa shape index (κ2) is 6.14. The van der Waals surface area contributed by atoms with E-state index in [1.54, 1.807) is 30.3 Å². The number of amides is 1. The molecule has 1 amide bonds. The summed E-state index contributed by atoms with van der Waals surface area (Å²) in [4.78, 5) is 13.2. The molecule has 0 unspecified atom stereocenters. The maximum absolute atomic E-state index is 10.6. The molecule has 19 heavy (non-hydrogen) atoms. The third-order valence-corrected chi connectivity index (χ3v) is 4.00. The number of likely N-dealkylation sites (N-methyl/N-ethyl adjacent to an activating group) is 1. The van der Waals surface area contributed by atoms with Gasteiger partial charge in [-0.05, 0) is 12.1 Å². The first-order valence-electron chi connectivity index (χ1n) is 6.66. The van der Waals surface area contributed by atoms with Crippen molar-refractivity contribution in [1.29, 1.82) is 0 Å². The second-order valence-electron chi connectivity index (χ2n) is 5.43. The summed E-state index contributed by atoms with van der Waals surface area (Å²) in [6.07, 6.45) is 0. The Balaban J connectivity index is 0.000000141. The monoisotopic (exact) mass is 263 g/mol. The Morgan fingerprint density at radius 2 is 1.68 bits per heavy atom. The molecule has 3 heterocycles. The van der Waals surface area contributed by atoms with Crippen molar-refractivity contribution in [3.8, 4) is 0 Å². The molecule has 104 valence electrons. The normalized spacial score (nSPS) is 28.2. The molecule has 1 N–H and O–H groups in total. The number of hydrogen-bond donors (Lipinski definition) is 1. The Morgan fingerprint density at radius 3 is 2.05 bits per heavy atom. The van der Waals surface area contributed by atoms with Crippen molar-refractivity contribution in [2.24, 2.45) is 0 Å². The minimum Gasteiger partial charge on any atom is -0.759 e. The summed E-state index contributed by atoms with van der Waals surface area (Å²) in [5.74, 6) is -0.597. The van der Waals surface area contributed by atoms with Gasteiger partial charge in [-0.25, -0.2) is 0 Å². The van der Waals surface area contributed by atoms with Gasteiger partial charge in [0, 0.05) is 25.2 Å². The Hall–Kier alpha value is -1.43. The van der Waals surface area contributed by atoms with Crippen molar-refractivity contribution in [2.45, 2.75) is 0 Å². The van der Waals surface area contributed by atoms with Crippen molar-refractivity contribution in [2.75, 3.05) is 46.3 Å². The number of fused-ring (bicyclic) bond motifs is 3. The molecule has 0 atom stereocenters. The first-order chi connectivity index (χ1) is 9.13. The van der Waals surface area contributed by atoms with E-state index in [0.29, 0.717) is 5.56 Å². The quantitative estimate of drug-likeness (QED) is 0.599. The van der Waals surface area contributed by atoms with Crippen molar-refractivity contribution in [3.05, 3.63) is 41.1 Å². The predicted octanol–water partition coefficient (Wildman–Crippen LogP) is 0.676. The van der Waals surface area contributed by atoms with Gasteiger partial charge in [-0.3, -0.25) is 9.69 Å². The lowest BCUT2D eigenvalue weighted by atomic mass is 10.2. The van der Waals surface area contributed by atoms with Crippen LogP contribution in [0, 0.1) is 5.21 Å². The standard InChI is InChI=1S/C7H15N2.C7H6NO2/c1-9-5-2-8(3-6-9)4-7-9;9-7(8-10)6-4-2-1-3-5-6/h2-7H2,1H3;1-5H,(H-,8,9,10)/q+1;-1. The van der Waals surface area contributed by atoms with Crippen LogP contribution < -0.4 is 5.48 Å². The molecule has 0 aromatic heterocycles. The number of benzene rings is 1. The zero-order valence-electron chi connectivity index (χ0n) is 11.3. The molecule has 0 saturated carbocycles. The smallest absolute Gasteiger partial charge is 0.240 e. The fourth-order valence-corrected chi connectivity index (χ4v) is 2.47. The molecule has 2 bridgehead atoms. The Bertz CT molecular complexity index is 400. The van der Waals surface area contributed by atoms with Gasteiger partial charge in [0.05, 0.1) is 26.7 Å². The van der Waals surface area contributed by atoms with Crippen LogP contribution in [0.5, 0.6) is 0 Å². The molecule has 3 aliphatic rings. The molecular formula is C14H21N3O2. The molecule has 3 aliphatic heterocycles. The lowest BCUT2D eigenvalue weighted by Gasteiger charge is -2.48. The van der Waals surface area contributed by atoms with Crippen LogP contribution in [0.3, 0.4) is 0 Å². The van der Waals surface area contributed by atoms with E-state index in [4.69, 9.17) is 0 Å². The van der Waals surface area contributed by atoms with Crippen molar-refractivity contribution >= 4 is 5.91 Å². The van der Waals surface area contributed by atoms with Crippen LogP contribution in [0.1, 0.15) is 10.4 Å². The third kappa shape index (κ3) is 3.76. The number of hydrogen-bond acceptors (Lipinski definition) is 3. The fourth-order valence-electron chi connectivity index (χ4n) is 2.47. The van der Waals surface area contributed by atoms with Crippen LogP contribution in [-0.4, -0.2) is 61.6 Å². The van der Waals surface area contributed by atoms with E-state index in [-0.39, 0.29) is 0 Å². The molecule has 3 saturated heterocycles. The molecule has 1 aromatic carbocycles. The van der Waals surface area contributed by atoms with E-state index in [1.807, 2.05) is 0 Å². The summed E-state index contributed by atoms with van der Waals surface area (Å²) >= 11 is 0. The van der Waals surface area contributed by atoms with E-state index in [1.165, 1.54) is 49.2 Å². The van der Waals surface area contributed by atoms with E-state index in [2.05, 4.69) is 11.9 Å². The van der Waals surface area contributed by atoms with Crippen LogP contribution in [0.15, 0.2) is 30.3 Å². The highest BCUT2D eigenvalue weighted by atomic mass is 16.5. The number of nitrogens with one attached hydrogen (secondary N) is 1. The fraction of sp³-hybridized carbons (Fsp3) is 0.500. The van der Waals surface area contributed by atoms with Gasteiger partial charge in [-0.15, -0.1) is 0 Å². The maximum Gasteiger partial charge on any atom is 0.240 e. The third-order valence-electron chi connectivity index (χ3n) is 4.00. The highest BCUT2D eigenvalue weighted by molar-refractivity contribution is 5.94. The molecule has 0 radical (unpaired) electrons. The average molecular weight is 263 g/mol. The van der Waals surface area contributed by atoms with Gasteiger partial charge in [0.2, 0.25) is 5.91 Å². The number of nitrogens with zero attached hydrogens (tertiary/aromatic N) is 2. The Kier molecular flexibility index (Phi) is 4.52. The van der Waals surface area contributed by atoms with Crippen LogP contribution in [-0.2, 0) is 0 Å². The van der Waals surface area contributed by atoms with E-state index in [9.17, 15) is 10.0 Å². The summed E-state index contributed by atoms with van der Waals surface area (Å²) < 4.78 is 1.34. The van der Waals surface area contributed by atoms with Gasteiger partial charge in [-0.2, -0.15) is 0 Å². The lowest BCUT2D eigenvalue weighted by Crippen LogP contribution is -2.65.